The molecule has 0 saturated carbocycles. The van der Waals surface area contributed by atoms with Crippen LogP contribution in [0.2, 0.25) is 0 Å². The average molecular weight is 557 g/mol. The third-order valence-electron chi connectivity index (χ3n) is 7.09. The maximum Gasteiger partial charge on any atom is 0.338 e. The molecule has 2 aromatic carbocycles. The Kier molecular flexibility index (Phi) is 16.3. The number of benzene rings is 2. The predicted octanol–water partition coefficient (Wildman–Crippen LogP) is 10.9. The van der Waals surface area contributed by atoms with Crippen molar-refractivity contribution in [2.24, 2.45) is 0 Å². The molecule has 2 aromatic rings. The zero-order chi connectivity index (χ0) is 29.9. The van der Waals surface area contributed by atoms with E-state index in [1.165, 1.54) is 22.3 Å². The zero-order valence-electron chi connectivity index (χ0n) is 26.4. The van der Waals surface area contributed by atoms with Crippen LogP contribution < -0.4 is 4.74 Å². The topological polar surface area (TPSA) is 35.5 Å². The van der Waals surface area contributed by atoms with Gasteiger partial charge in [-0.15, -0.1) is 0 Å². The molecule has 0 aliphatic heterocycles. The SMILES string of the molecule is CCCCOc1ccc(C(=O)OCc2ccccc2)cc1C/C=C(\C)CC/C=C(\C)CC/C=C(\C)CCC=C(C)C. The summed E-state index contributed by atoms with van der Waals surface area (Å²) >= 11 is 0. The lowest BCUT2D eigenvalue weighted by Crippen LogP contribution is -2.07. The molecule has 0 N–H and O–H groups in total. The molecule has 2 rings (SSSR count). The largest absolute Gasteiger partial charge is 0.493 e. The minimum absolute atomic E-state index is 0.266. The van der Waals surface area contributed by atoms with Gasteiger partial charge in [0.25, 0.3) is 0 Å². The second-order valence-corrected chi connectivity index (χ2v) is 11.3. The van der Waals surface area contributed by atoms with E-state index in [4.69, 9.17) is 9.47 Å². The van der Waals surface area contributed by atoms with E-state index in [1.54, 1.807) is 0 Å². The highest BCUT2D eigenvalue weighted by Crippen LogP contribution is 2.24. The standard InChI is InChI=1S/C38H52O3/c1-7-8-27-40-37-26-25-36(38(39)41-29-34-21-10-9-11-22-34)28-35(37)24-23-33(6)20-14-19-32(5)18-13-17-31(4)16-12-15-30(2)3/h9-11,15,17,19,21-23,25-26,28H,7-8,12-14,16,18,20,24,27,29H2,1-6H3/b31-17+,32-19+,33-23+. The first-order chi connectivity index (χ1) is 19.8. The molecule has 0 atom stereocenters. The lowest BCUT2D eigenvalue weighted by molar-refractivity contribution is 0.0472. The fraction of sp³-hybridized carbons (Fsp3) is 0.447. The van der Waals surface area contributed by atoms with Gasteiger partial charge in [-0.05, 0) is 115 Å². The molecule has 41 heavy (non-hydrogen) atoms. The maximum absolute atomic E-state index is 12.8. The summed E-state index contributed by atoms with van der Waals surface area (Å²) in [5.74, 6) is 0.538. The number of hydrogen-bond donors (Lipinski definition) is 0. The van der Waals surface area contributed by atoms with E-state index in [-0.39, 0.29) is 12.6 Å². The molecule has 3 nitrogen and oxygen atoms in total. The molecule has 0 fully saturated rings. The highest BCUT2D eigenvalue weighted by molar-refractivity contribution is 5.89. The summed E-state index contributed by atoms with van der Waals surface area (Å²) in [6.07, 6.45) is 18.8. The number of carbonyl (C=O) groups is 1. The van der Waals surface area contributed by atoms with Crippen LogP contribution in [-0.4, -0.2) is 12.6 Å². The van der Waals surface area contributed by atoms with Crippen molar-refractivity contribution in [2.75, 3.05) is 6.61 Å². The molecule has 0 aromatic heterocycles. The summed E-state index contributed by atoms with van der Waals surface area (Å²) in [6.45, 7) is 14.1. The molecule has 3 heteroatoms. The van der Waals surface area contributed by atoms with Gasteiger partial charge in [0.2, 0.25) is 0 Å². The Hall–Kier alpha value is -3.33. The van der Waals surface area contributed by atoms with Gasteiger partial charge in [-0.1, -0.05) is 90.3 Å². The minimum Gasteiger partial charge on any atom is -0.493 e. The van der Waals surface area contributed by atoms with Crippen LogP contribution in [0.3, 0.4) is 0 Å². The lowest BCUT2D eigenvalue weighted by atomic mass is 10.0. The van der Waals surface area contributed by atoms with Gasteiger partial charge in [0.05, 0.1) is 12.2 Å². The van der Waals surface area contributed by atoms with Gasteiger partial charge in [0, 0.05) is 0 Å². The molecule has 0 amide bonds. The monoisotopic (exact) mass is 556 g/mol. The van der Waals surface area contributed by atoms with Gasteiger partial charge in [0.15, 0.2) is 0 Å². The third kappa shape index (κ3) is 14.7. The Labute approximate surface area is 250 Å². The fourth-order valence-electron chi connectivity index (χ4n) is 4.41. The second-order valence-electron chi connectivity index (χ2n) is 11.3. The molecule has 0 aliphatic carbocycles. The summed E-state index contributed by atoms with van der Waals surface area (Å²) in [6, 6.07) is 15.4. The van der Waals surface area contributed by atoms with Gasteiger partial charge < -0.3 is 9.47 Å². The van der Waals surface area contributed by atoms with Crippen LogP contribution in [0.15, 0.2) is 95.1 Å². The number of ether oxygens (including phenoxy) is 2. The summed E-state index contributed by atoms with van der Waals surface area (Å²) in [5.41, 5.74) is 8.25. The Morgan fingerprint density at radius 1 is 0.756 bits per heavy atom. The maximum atomic E-state index is 12.8. The van der Waals surface area contributed by atoms with Crippen LogP contribution in [0.4, 0.5) is 0 Å². The van der Waals surface area contributed by atoms with Crippen molar-refractivity contribution in [1.29, 1.82) is 0 Å². The van der Waals surface area contributed by atoms with Gasteiger partial charge in [-0.3, -0.25) is 0 Å². The third-order valence-corrected chi connectivity index (χ3v) is 7.09. The van der Waals surface area contributed by atoms with Crippen molar-refractivity contribution in [3.63, 3.8) is 0 Å². The number of unbranched alkanes of at least 4 members (excludes halogenated alkanes) is 1. The van der Waals surface area contributed by atoms with E-state index in [0.29, 0.717) is 12.2 Å². The van der Waals surface area contributed by atoms with Crippen LogP contribution in [0.25, 0.3) is 0 Å². The molecule has 222 valence electrons. The van der Waals surface area contributed by atoms with Gasteiger partial charge in [-0.25, -0.2) is 4.79 Å². The highest BCUT2D eigenvalue weighted by Gasteiger charge is 2.12. The van der Waals surface area contributed by atoms with Crippen LogP contribution in [0.5, 0.6) is 5.75 Å². The predicted molar refractivity (Wildman–Crippen MR) is 175 cm³/mol. The Morgan fingerprint density at radius 3 is 1.98 bits per heavy atom. The normalized spacial score (nSPS) is 12.3. The van der Waals surface area contributed by atoms with E-state index in [2.05, 4.69) is 65.8 Å². The summed E-state index contributed by atoms with van der Waals surface area (Å²) in [5, 5.41) is 0. The summed E-state index contributed by atoms with van der Waals surface area (Å²) < 4.78 is 11.6. The average Bonchev–Trinajstić information content (AvgIpc) is 2.95. The Bertz CT molecular complexity index is 1180. The molecule has 0 radical (unpaired) electrons. The molecule has 0 heterocycles. The second kappa shape index (κ2) is 19.7. The Balaban J connectivity index is 1.92. The molecule has 0 aliphatic rings. The molecule has 0 saturated heterocycles. The van der Waals surface area contributed by atoms with Crippen LogP contribution >= 0.6 is 0 Å². The molecule has 0 spiro atoms. The van der Waals surface area contributed by atoms with E-state index >= 15 is 0 Å². The van der Waals surface area contributed by atoms with Crippen molar-refractivity contribution < 1.29 is 14.3 Å². The number of allylic oxidation sites excluding steroid dienone is 8. The lowest BCUT2D eigenvalue weighted by Gasteiger charge is -2.13. The van der Waals surface area contributed by atoms with Gasteiger partial charge >= 0.3 is 5.97 Å². The summed E-state index contributed by atoms with van der Waals surface area (Å²) in [4.78, 5) is 12.8. The van der Waals surface area contributed by atoms with Gasteiger partial charge in [-0.2, -0.15) is 0 Å². The first-order valence-electron chi connectivity index (χ1n) is 15.4. The van der Waals surface area contributed by atoms with E-state index in [0.717, 1.165) is 74.7 Å². The fourth-order valence-corrected chi connectivity index (χ4v) is 4.41. The van der Waals surface area contributed by atoms with E-state index in [9.17, 15) is 4.79 Å². The van der Waals surface area contributed by atoms with Crippen molar-refractivity contribution in [2.45, 2.75) is 106 Å². The first-order valence-corrected chi connectivity index (χ1v) is 15.4. The van der Waals surface area contributed by atoms with E-state index < -0.39 is 0 Å². The summed E-state index contributed by atoms with van der Waals surface area (Å²) in [7, 11) is 0. The number of carbonyl (C=O) groups excluding carboxylic acids is 1. The van der Waals surface area contributed by atoms with E-state index in [1.807, 2.05) is 48.5 Å². The van der Waals surface area contributed by atoms with Crippen molar-refractivity contribution >= 4 is 5.97 Å². The van der Waals surface area contributed by atoms with Crippen LogP contribution in [-0.2, 0) is 17.8 Å². The molecule has 0 bridgehead atoms. The quantitative estimate of drug-likeness (QED) is 0.104. The molecular formula is C38H52O3. The Morgan fingerprint density at radius 2 is 1.37 bits per heavy atom. The first kappa shape index (κ1) is 33.9. The number of rotatable bonds is 18. The van der Waals surface area contributed by atoms with Crippen LogP contribution in [0.1, 0.15) is 114 Å². The van der Waals surface area contributed by atoms with Crippen molar-refractivity contribution in [3.05, 3.63) is 112 Å². The number of esters is 1. The number of hydrogen-bond acceptors (Lipinski definition) is 3. The van der Waals surface area contributed by atoms with Crippen molar-refractivity contribution in [1.82, 2.24) is 0 Å². The smallest absolute Gasteiger partial charge is 0.338 e. The van der Waals surface area contributed by atoms with Crippen molar-refractivity contribution in [3.8, 4) is 5.75 Å². The highest BCUT2D eigenvalue weighted by atomic mass is 16.5. The molecule has 0 unspecified atom stereocenters. The van der Waals surface area contributed by atoms with Crippen LogP contribution in [0, 0.1) is 0 Å². The zero-order valence-corrected chi connectivity index (χ0v) is 26.4. The minimum atomic E-state index is -0.311. The molecular weight excluding hydrogens is 504 g/mol. The van der Waals surface area contributed by atoms with Gasteiger partial charge in [0.1, 0.15) is 12.4 Å².